The van der Waals surface area contributed by atoms with Crippen molar-refractivity contribution in [2.75, 3.05) is 25.6 Å². The maximum atomic E-state index is 11.9. The summed E-state index contributed by atoms with van der Waals surface area (Å²) < 4.78 is 10.0. The first-order valence-corrected chi connectivity index (χ1v) is 7.45. The van der Waals surface area contributed by atoms with Gasteiger partial charge in [-0.2, -0.15) is 0 Å². The minimum absolute atomic E-state index is 0.0297. The molecule has 1 aliphatic heterocycles. The first kappa shape index (κ1) is 17.0. The molecule has 0 spiro atoms. The van der Waals surface area contributed by atoms with Gasteiger partial charge in [0.2, 0.25) is 11.8 Å². The maximum Gasteiger partial charge on any atom is 0.339 e. The van der Waals surface area contributed by atoms with Crippen LogP contribution in [0.5, 0.6) is 0 Å². The third-order valence-corrected chi connectivity index (χ3v) is 3.48. The summed E-state index contributed by atoms with van der Waals surface area (Å²) in [5.74, 6) is -1.43. The number of esters is 1. The Morgan fingerprint density at radius 2 is 2.04 bits per heavy atom. The van der Waals surface area contributed by atoms with E-state index in [0.717, 1.165) is 12.8 Å². The van der Waals surface area contributed by atoms with Gasteiger partial charge in [-0.3, -0.25) is 9.59 Å². The van der Waals surface area contributed by atoms with E-state index in [1.807, 2.05) is 0 Å². The van der Waals surface area contributed by atoms with E-state index in [0.29, 0.717) is 18.8 Å². The summed E-state index contributed by atoms with van der Waals surface area (Å²) in [6.45, 7) is 1.12. The molecule has 23 heavy (non-hydrogen) atoms. The van der Waals surface area contributed by atoms with Gasteiger partial charge in [0.25, 0.3) is 0 Å². The van der Waals surface area contributed by atoms with Crippen molar-refractivity contribution in [3.63, 3.8) is 0 Å². The first-order valence-electron chi connectivity index (χ1n) is 7.45. The molecule has 0 aliphatic carbocycles. The van der Waals surface area contributed by atoms with Crippen LogP contribution in [0.1, 0.15) is 29.6 Å². The van der Waals surface area contributed by atoms with Crippen LogP contribution in [0.25, 0.3) is 0 Å². The number of anilines is 1. The SMILES string of the molecule is COC(=O)c1ccccc1NC(=O)CC(=O)NCC1CCCO1. The monoisotopic (exact) mass is 320 g/mol. The van der Waals surface area contributed by atoms with Crippen molar-refractivity contribution in [2.24, 2.45) is 0 Å². The molecule has 2 amide bonds. The van der Waals surface area contributed by atoms with Gasteiger partial charge in [0.1, 0.15) is 6.42 Å². The number of hydrogen-bond donors (Lipinski definition) is 2. The van der Waals surface area contributed by atoms with Crippen molar-refractivity contribution in [1.82, 2.24) is 5.32 Å². The Balaban J connectivity index is 1.84. The van der Waals surface area contributed by atoms with Gasteiger partial charge in [-0.25, -0.2) is 4.79 Å². The molecule has 2 rings (SSSR count). The highest BCUT2D eigenvalue weighted by Gasteiger charge is 2.18. The van der Waals surface area contributed by atoms with Crippen molar-refractivity contribution in [1.29, 1.82) is 0 Å². The number of para-hydroxylation sites is 1. The lowest BCUT2D eigenvalue weighted by Gasteiger charge is -2.12. The number of benzene rings is 1. The molecule has 124 valence electrons. The highest BCUT2D eigenvalue weighted by molar-refractivity contribution is 6.06. The summed E-state index contributed by atoms with van der Waals surface area (Å²) >= 11 is 0. The fourth-order valence-electron chi connectivity index (χ4n) is 2.32. The molecule has 1 aromatic carbocycles. The summed E-state index contributed by atoms with van der Waals surface area (Å²) in [4.78, 5) is 35.3. The Hall–Kier alpha value is -2.41. The molecule has 7 nitrogen and oxygen atoms in total. The van der Waals surface area contributed by atoms with Crippen molar-refractivity contribution >= 4 is 23.5 Å². The molecule has 1 saturated heterocycles. The predicted octanol–water partition coefficient (Wildman–Crippen LogP) is 1.10. The van der Waals surface area contributed by atoms with Gasteiger partial charge in [0.15, 0.2) is 0 Å². The van der Waals surface area contributed by atoms with E-state index in [1.54, 1.807) is 24.3 Å². The molecule has 0 bridgehead atoms. The zero-order valence-electron chi connectivity index (χ0n) is 13.0. The summed E-state index contributed by atoms with van der Waals surface area (Å²) in [7, 11) is 1.26. The summed E-state index contributed by atoms with van der Waals surface area (Å²) in [5.41, 5.74) is 0.555. The molecule has 7 heteroatoms. The van der Waals surface area contributed by atoms with Gasteiger partial charge < -0.3 is 20.1 Å². The molecular weight excluding hydrogens is 300 g/mol. The van der Waals surface area contributed by atoms with Crippen molar-refractivity contribution < 1.29 is 23.9 Å². The number of hydrogen-bond acceptors (Lipinski definition) is 5. The number of ether oxygens (including phenoxy) is 2. The van der Waals surface area contributed by atoms with Gasteiger partial charge in [0, 0.05) is 13.2 Å². The third kappa shape index (κ3) is 5.07. The van der Waals surface area contributed by atoms with Crippen LogP contribution in [-0.4, -0.2) is 44.1 Å². The van der Waals surface area contributed by atoms with E-state index in [9.17, 15) is 14.4 Å². The zero-order chi connectivity index (χ0) is 16.7. The van der Waals surface area contributed by atoms with E-state index in [1.165, 1.54) is 7.11 Å². The van der Waals surface area contributed by atoms with Crippen molar-refractivity contribution in [2.45, 2.75) is 25.4 Å². The van der Waals surface area contributed by atoms with Gasteiger partial charge in [-0.1, -0.05) is 12.1 Å². The van der Waals surface area contributed by atoms with Crippen LogP contribution in [0.4, 0.5) is 5.69 Å². The van der Waals surface area contributed by atoms with Gasteiger partial charge in [-0.15, -0.1) is 0 Å². The third-order valence-electron chi connectivity index (χ3n) is 3.48. The molecule has 1 aliphatic rings. The largest absolute Gasteiger partial charge is 0.465 e. The van der Waals surface area contributed by atoms with Crippen molar-refractivity contribution in [3.05, 3.63) is 29.8 Å². The average Bonchev–Trinajstić information content (AvgIpc) is 3.06. The lowest BCUT2D eigenvalue weighted by atomic mass is 10.1. The highest BCUT2D eigenvalue weighted by atomic mass is 16.5. The topological polar surface area (TPSA) is 93.7 Å². The van der Waals surface area contributed by atoms with Crippen LogP contribution in [0.3, 0.4) is 0 Å². The fourth-order valence-corrected chi connectivity index (χ4v) is 2.32. The number of amides is 2. The number of nitrogens with one attached hydrogen (secondary N) is 2. The fraction of sp³-hybridized carbons (Fsp3) is 0.438. The van der Waals surface area contributed by atoms with Crippen LogP contribution in [0.15, 0.2) is 24.3 Å². The molecule has 0 radical (unpaired) electrons. The molecule has 1 heterocycles. The maximum absolute atomic E-state index is 11.9. The van der Waals surface area contributed by atoms with Crippen LogP contribution in [0.2, 0.25) is 0 Å². The smallest absolute Gasteiger partial charge is 0.339 e. The van der Waals surface area contributed by atoms with E-state index in [4.69, 9.17) is 4.74 Å². The molecule has 1 atom stereocenters. The first-order chi connectivity index (χ1) is 11.1. The average molecular weight is 320 g/mol. The summed E-state index contributed by atoms with van der Waals surface area (Å²) in [6.07, 6.45) is 1.62. The zero-order valence-corrected chi connectivity index (χ0v) is 13.0. The Bertz CT molecular complexity index is 582. The minimum Gasteiger partial charge on any atom is -0.465 e. The number of methoxy groups -OCH3 is 1. The van der Waals surface area contributed by atoms with Crippen LogP contribution in [-0.2, 0) is 19.1 Å². The molecule has 1 unspecified atom stereocenters. The minimum atomic E-state index is -0.552. The van der Waals surface area contributed by atoms with Gasteiger partial charge in [0.05, 0.1) is 24.5 Å². The summed E-state index contributed by atoms with van der Waals surface area (Å²) in [6, 6.07) is 6.46. The molecule has 1 aromatic rings. The lowest BCUT2D eigenvalue weighted by molar-refractivity contribution is -0.127. The molecule has 0 saturated carbocycles. The van der Waals surface area contributed by atoms with Crippen LogP contribution < -0.4 is 10.6 Å². The molecule has 2 N–H and O–H groups in total. The Labute approximate surface area is 134 Å². The van der Waals surface area contributed by atoms with Gasteiger partial charge >= 0.3 is 5.97 Å². The standard InChI is InChI=1S/C16H20N2O5/c1-22-16(21)12-6-2-3-7-13(12)18-15(20)9-14(19)17-10-11-5-4-8-23-11/h2-3,6-7,11H,4-5,8-10H2,1H3,(H,17,19)(H,18,20). The number of rotatable bonds is 6. The van der Waals surface area contributed by atoms with Crippen LogP contribution in [0, 0.1) is 0 Å². The van der Waals surface area contributed by atoms with Crippen LogP contribution >= 0.6 is 0 Å². The van der Waals surface area contributed by atoms with Crippen molar-refractivity contribution in [3.8, 4) is 0 Å². The molecule has 1 fully saturated rings. The van der Waals surface area contributed by atoms with E-state index < -0.39 is 11.9 Å². The second kappa shape index (κ2) is 8.28. The quantitative estimate of drug-likeness (QED) is 0.604. The van der Waals surface area contributed by atoms with E-state index in [2.05, 4.69) is 15.4 Å². The Morgan fingerprint density at radius 3 is 2.74 bits per heavy atom. The predicted molar refractivity (Wildman–Crippen MR) is 83.0 cm³/mol. The second-order valence-corrected chi connectivity index (χ2v) is 5.20. The van der Waals surface area contributed by atoms with Gasteiger partial charge in [-0.05, 0) is 25.0 Å². The second-order valence-electron chi connectivity index (χ2n) is 5.20. The lowest BCUT2D eigenvalue weighted by Crippen LogP contribution is -2.34. The highest BCUT2D eigenvalue weighted by Crippen LogP contribution is 2.16. The van der Waals surface area contributed by atoms with E-state index >= 15 is 0 Å². The normalized spacial score (nSPS) is 16.7. The molecular formula is C16H20N2O5. The van der Waals surface area contributed by atoms with E-state index in [-0.39, 0.29) is 24.0 Å². The number of carbonyl (C=O) groups excluding carboxylic acids is 3. The molecule has 0 aromatic heterocycles. The Morgan fingerprint density at radius 1 is 1.26 bits per heavy atom. The summed E-state index contributed by atoms with van der Waals surface area (Å²) in [5, 5.41) is 5.23. The Kier molecular flexibility index (Phi) is 6.10. The number of carbonyl (C=O) groups is 3.